The van der Waals surface area contributed by atoms with Crippen LogP contribution in [0.25, 0.3) is 0 Å². The van der Waals surface area contributed by atoms with Gasteiger partial charge >= 0.3 is 0 Å². The summed E-state index contributed by atoms with van der Waals surface area (Å²) in [6.45, 7) is 2.00. The highest BCUT2D eigenvalue weighted by molar-refractivity contribution is 6.09. The minimum Gasteiger partial charge on any atom is -0.469 e. The summed E-state index contributed by atoms with van der Waals surface area (Å²) in [5, 5.41) is 6.25. The zero-order chi connectivity index (χ0) is 23.9. The van der Waals surface area contributed by atoms with Crippen LogP contribution in [0.15, 0.2) is 87.9 Å². The number of dihydropyridines is 1. The molecule has 0 spiro atoms. The van der Waals surface area contributed by atoms with Crippen LogP contribution in [0.4, 0.5) is 5.82 Å². The molecule has 6 rings (SSSR count). The lowest BCUT2D eigenvalue weighted by molar-refractivity contribution is -0.116. The van der Waals surface area contributed by atoms with E-state index in [0.29, 0.717) is 47.0 Å². The van der Waals surface area contributed by atoms with Gasteiger partial charge in [-0.1, -0.05) is 12.1 Å². The summed E-state index contributed by atoms with van der Waals surface area (Å²) in [6.07, 6.45) is 4.16. The van der Waals surface area contributed by atoms with Crippen LogP contribution in [-0.4, -0.2) is 23.5 Å². The third kappa shape index (κ3) is 3.77. The molecule has 4 heterocycles. The predicted molar refractivity (Wildman–Crippen MR) is 127 cm³/mol. The average molecular weight is 469 g/mol. The number of aromatic nitrogens is 1. The van der Waals surface area contributed by atoms with Gasteiger partial charge in [-0.2, -0.15) is 0 Å². The Balaban J connectivity index is 1.43. The SMILES string of the molecule is CC1=C(C(=O)Nc2ccccn2)[C@H](c2ccc3c(c2)OCO3)C2=C(C[C@H](c3ccco3)CC2=O)N1. The molecular weight excluding hydrogens is 446 g/mol. The van der Waals surface area contributed by atoms with Crippen molar-refractivity contribution < 1.29 is 23.5 Å². The maximum atomic E-state index is 13.6. The molecule has 1 aromatic carbocycles. The van der Waals surface area contributed by atoms with Crippen LogP contribution in [0, 0.1) is 0 Å². The number of nitrogens with one attached hydrogen (secondary N) is 2. The zero-order valence-electron chi connectivity index (χ0n) is 19.0. The van der Waals surface area contributed by atoms with Crippen LogP contribution in [0.1, 0.15) is 42.9 Å². The van der Waals surface area contributed by atoms with Gasteiger partial charge in [0, 0.05) is 47.0 Å². The summed E-state index contributed by atoms with van der Waals surface area (Å²) in [6, 6.07) is 14.6. The number of hydrogen-bond acceptors (Lipinski definition) is 7. The van der Waals surface area contributed by atoms with Crippen molar-refractivity contribution in [1.29, 1.82) is 0 Å². The first-order valence-electron chi connectivity index (χ1n) is 11.5. The normalized spacial score (nSPS) is 21.0. The highest BCUT2D eigenvalue weighted by Gasteiger charge is 2.41. The Morgan fingerprint density at radius 2 is 1.97 bits per heavy atom. The number of nitrogens with zero attached hydrogens (tertiary/aromatic N) is 1. The summed E-state index contributed by atoms with van der Waals surface area (Å²) in [7, 11) is 0. The molecule has 8 nitrogen and oxygen atoms in total. The topological polar surface area (TPSA) is 103 Å². The minimum absolute atomic E-state index is 0.0153. The van der Waals surface area contributed by atoms with E-state index in [2.05, 4.69) is 15.6 Å². The van der Waals surface area contributed by atoms with Gasteiger partial charge in [-0.15, -0.1) is 0 Å². The van der Waals surface area contributed by atoms with Gasteiger partial charge in [0.15, 0.2) is 17.3 Å². The van der Waals surface area contributed by atoms with Crippen LogP contribution in [0.3, 0.4) is 0 Å². The smallest absolute Gasteiger partial charge is 0.255 e. The molecule has 0 fully saturated rings. The van der Waals surface area contributed by atoms with Gasteiger partial charge in [-0.05, 0) is 55.3 Å². The second-order valence-electron chi connectivity index (χ2n) is 8.81. The van der Waals surface area contributed by atoms with E-state index in [0.717, 1.165) is 17.0 Å². The molecule has 2 N–H and O–H groups in total. The second kappa shape index (κ2) is 8.47. The van der Waals surface area contributed by atoms with Crippen LogP contribution >= 0.6 is 0 Å². The molecule has 0 saturated carbocycles. The number of anilines is 1. The number of pyridine rings is 1. The van der Waals surface area contributed by atoms with Crippen molar-refractivity contribution in [3.63, 3.8) is 0 Å². The Labute approximate surface area is 201 Å². The average Bonchev–Trinajstić information content (AvgIpc) is 3.55. The van der Waals surface area contributed by atoms with E-state index < -0.39 is 5.92 Å². The maximum absolute atomic E-state index is 13.6. The number of rotatable bonds is 4. The summed E-state index contributed by atoms with van der Waals surface area (Å²) in [4.78, 5) is 31.4. The third-order valence-corrected chi connectivity index (χ3v) is 6.65. The lowest BCUT2D eigenvalue weighted by Gasteiger charge is -2.36. The van der Waals surface area contributed by atoms with Gasteiger partial charge in [-0.3, -0.25) is 9.59 Å². The monoisotopic (exact) mass is 469 g/mol. The van der Waals surface area contributed by atoms with Crippen LogP contribution in [0.2, 0.25) is 0 Å². The fourth-order valence-electron chi connectivity index (χ4n) is 5.11. The number of Topliss-reactive ketones (excluding diaryl/α,β-unsaturated/α-hetero) is 1. The Hall–Kier alpha value is -4.33. The lowest BCUT2D eigenvalue weighted by atomic mass is 9.72. The Kier molecular flexibility index (Phi) is 5.13. The Morgan fingerprint density at radius 1 is 1.09 bits per heavy atom. The van der Waals surface area contributed by atoms with Crippen molar-refractivity contribution in [3.05, 3.63) is 94.9 Å². The number of ether oxygens (including phenoxy) is 2. The molecule has 8 heteroatoms. The molecule has 3 aliphatic rings. The van der Waals surface area contributed by atoms with Crippen LogP contribution < -0.4 is 20.1 Å². The number of furan rings is 1. The van der Waals surface area contributed by atoms with E-state index in [4.69, 9.17) is 13.9 Å². The number of hydrogen-bond donors (Lipinski definition) is 2. The van der Waals surface area contributed by atoms with Crippen molar-refractivity contribution in [2.24, 2.45) is 0 Å². The first kappa shape index (κ1) is 21.2. The van der Waals surface area contributed by atoms with Crippen LogP contribution in [-0.2, 0) is 9.59 Å². The first-order chi connectivity index (χ1) is 17.1. The van der Waals surface area contributed by atoms with Gasteiger partial charge in [-0.25, -0.2) is 4.98 Å². The van der Waals surface area contributed by atoms with Crippen molar-refractivity contribution in [2.45, 2.75) is 31.6 Å². The first-order valence-corrected chi connectivity index (χ1v) is 11.5. The number of allylic oxidation sites excluding steroid dienone is 3. The standard InChI is InChI=1S/C27H23N3O5/c1-15-24(27(32)30-23-6-2-3-9-28-23)25(16-7-8-21-22(13-16)35-14-34-21)26-18(29-15)11-17(12-19(26)31)20-5-4-10-33-20/h2-10,13,17,25,29H,11-12,14H2,1H3,(H,28,30,32)/t17-,25-/m0/s1. The van der Waals surface area contributed by atoms with Gasteiger partial charge < -0.3 is 24.5 Å². The zero-order valence-corrected chi connectivity index (χ0v) is 19.0. The maximum Gasteiger partial charge on any atom is 0.255 e. The van der Waals surface area contributed by atoms with E-state index in [1.165, 1.54) is 0 Å². The number of ketones is 1. The molecule has 2 atom stereocenters. The van der Waals surface area contributed by atoms with E-state index >= 15 is 0 Å². The van der Waals surface area contributed by atoms with Gasteiger partial charge in [0.2, 0.25) is 6.79 Å². The van der Waals surface area contributed by atoms with Gasteiger partial charge in [0.25, 0.3) is 5.91 Å². The van der Waals surface area contributed by atoms with Crippen LogP contribution in [0.5, 0.6) is 11.5 Å². The summed E-state index contributed by atoms with van der Waals surface area (Å²) >= 11 is 0. The molecule has 35 heavy (non-hydrogen) atoms. The molecular formula is C27H23N3O5. The number of carbonyl (C=O) groups excluding carboxylic acids is 2. The highest BCUT2D eigenvalue weighted by Crippen LogP contribution is 2.47. The Morgan fingerprint density at radius 3 is 2.77 bits per heavy atom. The number of benzene rings is 1. The fraction of sp³-hybridized carbons (Fsp3) is 0.222. The molecule has 2 aromatic heterocycles. The van der Waals surface area contributed by atoms with E-state index in [9.17, 15) is 9.59 Å². The van der Waals surface area contributed by atoms with Crippen molar-refractivity contribution >= 4 is 17.5 Å². The fourth-order valence-corrected chi connectivity index (χ4v) is 5.11. The number of amides is 1. The van der Waals surface area contributed by atoms with Gasteiger partial charge in [0.05, 0.1) is 6.26 Å². The molecule has 1 aliphatic carbocycles. The van der Waals surface area contributed by atoms with Crippen molar-refractivity contribution in [1.82, 2.24) is 10.3 Å². The van der Waals surface area contributed by atoms with E-state index in [-0.39, 0.29) is 24.4 Å². The van der Waals surface area contributed by atoms with Crippen molar-refractivity contribution in [2.75, 3.05) is 12.1 Å². The molecule has 0 bridgehead atoms. The summed E-state index contributed by atoms with van der Waals surface area (Å²) < 4.78 is 16.7. The summed E-state index contributed by atoms with van der Waals surface area (Å²) in [5.74, 6) is 1.52. The molecule has 0 saturated heterocycles. The molecule has 0 radical (unpaired) electrons. The number of fused-ring (bicyclic) bond motifs is 1. The van der Waals surface area contributed by atoms with Crippen molar-refractivity contribution in [3.8, 4) is 11.5 Å². The molecule has 2 aliphatic heterocycles. The third-order valence-electron chi connectivity index (χ3n) is 6.65. The molecule has 3 aromatic rings. The molecule has 1 amide bonds. The van der Waals surface area contributed by atoms with E-state index in [1.54, 1.807) is 30.7 Å². The number of carbonyl (C=O) groups is 2. The summed E-state index contributed by atoms with van der Waals surface area (Å²) in [5.41, 5.74) is 3.37. The quantitative estimate of drug-likeness (QED) is 0.584. The highest BCUT2D eigenvalue weighted by atomic mass is 16.7. The largest absolute Gasteiger partial charge is 0.469 e. The lowest BCUT2D eigenvalue weighted by Crippen LogP contribution is -2.37. The van der Waals surface area contributed by atoms with Gasteiger partial charge in [0.1, 0.15) is 11.6 Å². The second-order valence-corrected chi connectivity index (χ2v) is 8.81. The molecule has 0 unspecified atom stereocenters. The van der Waals surface area contributed by atoms with E-state index in [1.807, 2.05) is 37.3 Å². The Bertz CT molecular complexity index is 1380. The molecule has 176 valence electrons. The predicted octanol–water partition coefficient (Wildman–Crippen LogP) is 4.40. The minimum atomic E-state index is -0.561.